The van der Waals surface area contributed by atoms with Gasteiger partial charge in [-0.25, -0.2) is 0 Å². The van der Waals surface area contributed by atoms with E-state index < -0.39 is 0 Å². The molecular formula is C12H14O3. The first kappa shape index (κ1) is 8.34. The van der Waals surface area contributed by atoms with E-state index in [2.05, 4.69) is 6.08 Å². The Hall–Kier alpha value is -0.830. The van der Waals surface area contributed by atoms with Crippen molar-refractivity contribution in [3.05, 3.63) is 12.2 Å². The van der Waals surface area contributed by atoms with E-state index in [4.69, 9.17) is 9.47 Å². The maximum Gasteiger partial charge on any atom is 0.315 e. The number of rotatable bonds is 0. The second-order valence-electron chi connectivity index (χ2n) is 5.44. The number of carbonyl (C=O) groups excluding carboxylic acids is 1. The quantitative estimate of drug-likeness (QED) is 0.446. The van der Waals surface area contributed by atoms with Gasteiger partial charge in [-0.15, -0.1) is 0 Å². The summed E-state index contributed by atoms with van der Waals surface area (Å²) in [4.78, 5) is 12.1. The molecule has 0 amide bonds. The summed E-state index contributed by atoms with van der Waals surface area (Å²) in [6.45, 7) is 0. The van der Waals surface area contributed by atoms with E-state index in [1.165, 1.54) is 6.42 Å². The Kier molecular flexibility index (Phi) is 1.27. The van der Waals surface area contributed by atoms with Gasteiger partial charge < -0.3 is 9.47 Å². The molecular weight excluding hydrogens is 192 g/mol. The van der Waals surface area contributed by atoms with Crippen LogP contribution in [-0.2, 0) is 14.3 Å². The number of fused-ring (bicyclic) bond motifs is 3. The summed E-state index contributed by atoms with van der Waals surface area (Å²) in [6.07, 6.45) is 9.34. The van der Waals surface area contributed by atoms with Crippen molar-refractivity contribution in [1.82, 2.24) is 0 Å². The molecule has 3 atom stereocenters. The predicted octanol–water partition coefficient (Wildman–Crippen LogP) is 1.57. The Bertz CT molecular complexity index is 369. The summed E-state index contributed by atoms with van der Waals surface area (Å²) in [5.41, 5.74) is -0.418. The third-order valence-corrected chi connectivity index (χ3v) is 4.55. The van der Waals surface area contributed by atoms with Crippen LogP contribution < -0.4 is 0 Å². The second-order valence-corrected chi connectivity index (χ2v) is 5.44. The minimum Gasteiger partial charge on any atom is -0.459 e. The van der Waals surface area contributed by atoms with Crippen molar-refractivity contribution in [1.29, 1.82) is 0 Å². The lowest BCUT2D eigenvalue weighted by molar-refractivity contribution is -0.160. The van der Waals surface area contributed by atoms with Crippen LogP contribution in [0.1, 0.15) is 32.1 Å². The van der Waals surface area contributed by atoms with E-state index >= 15 is 0 Å². The van der Waals surface area contributed by atoms with Crippen LogP contribution in [0.25, 0.3) is 0 Å². The molecule has 15 heavy (non-hydrogen) atoms. The van der Waals surface area contributed by atoms with Crippen LogP contribution in [0, 0.1) is 5.41 Å². The zero-order chi connectivity index (χ0) is 10.1. The van der Waals surface area contributed by atoms with Crippen molar-refractivity contribution in [2.45, 2.75) is 49.9 Å². The molecule has 3 unspecified atom stereocenters. The number of esters is 1. The lowest BCUT2D eigenvalue weighted by atomic mass is 9.67. The Morgan fingerprint density at radius 1 is 1.33 bits per heavy atom. The van der Waals surface area contributed by atoms with Gasteiger partial charge in [-0.05, 0) is 25.7 Å². The highest BCUT2D eigenvalue weighted by Crippen LogP contribution is 2.59. The topological polar surface area (TPSA) is 35.5 Å². The summed E-state index contributed by atoms with van der Waals surface area (Å²) in [7, 11) is 0. The first-order chi connectivity index (χ1) is 7.23. The fourth-order valence-electron chi connectivity index (χ4n) is 3.61. The third-order valence-electron chi connectivity index (χ3n) is 4.55. The highest BCUT2D eigenvalue weighted by Gasteiger charge is 2.66. The highest BCUT2D eigenvalue weighted by atomic mass is 16.6. The monoisotopic (exact) mass is 206 g/mol. The Labute approximate surface area is 88.4 Å². The summed E-state index contributed by atoms with van der Waals surface area (Å²) >= 11 is 0. The molecule has 2 spiro atoms. The lowest BCUT2D eigenvalue weighted by Gasteiger charge is -2.37. The molecule has 0 aromatic heterocycles. The number of carbonyl (C=O) groups is 1. The Morgan fingerprint density at radius 3 is 2.67 bits per heavy atom. The number of ether oxygens (including phenoxy) is 2. The highest BCUT2D eigenvalue weighted by molar-refractivity contribution is 5.82. The predicted molar refractivity (Wildman–Crippen MR) is 52.1 cm³/mol. The molecule has 3 heterocycles. The minimum absolute atomic E-state index is 0.000880. The SMILES string of the molecule is O=C1OC2(CCC2)CC12CC1C=CC2O1. The van der Waals surface area contributed by atoms with Crippen LogP contribution in [0.5, 0.6) is 0 Å². The third kappa shape index (κ3) is 0.842. The van der Waals surface area contributed by atoms with Crippen molar-refractivity contribution in [3.8, 4) is 0 Å². The van der Waals surface area contributed by atoms with E-state index in [0.717, 1.165) is 25.7 Å². The maximum absolute atomic E-state index is 12.1. The molecule has 0 N–H and O–H groups in total. The molecule has 0 aromatic carbocycles. The molecule has 0 radical (unpaired) electrons. The fourth-order valence-corrected chi connectivity index (χ4v) is 3.61. The van der Waals surface area contributed by atoms with Gasteiger partial charge in [-0.3, -0.25) is 4.79 Å². The second kappa shape index (κ2) is 2.29. The molecule has 3 nitrogen and oxygen atoms in total. The standard InChI is InChI=1S/C12H14O3/c13-10-12(6-8-2-3-9(12)14-8)7-11(15-10)4-1-5-11/h2-3,8-9H,1,4-7H2. The molecule has 3 fully saturated rings. The number of hydrogen-bond acceptors (Lipinski definition) is 3. The fraction of sp³-hybridized carbons (Fsp3) is 0.750. The van der Waals surface area contributed by atoms with Crippen molar-refractivity contribution in [3.63, 3.8) is 0 Å². The zero-order valence-corrected chi connectivity index (χ0v) is 8.57. The summed E-state index contributed by atoms with van der Waals surface area (Å²) in [5.74, 6) is -0.000880. The smallest absolute Gasteiger partial charge is 0.315 e. The van der Waals surface area contributed by atoms with Gasteiger partial charge >= 0.3 is 5.97 Å². The van der Waals surface area contributed by atoms with Crippen molar-refractivity contribution in [2.24, 2.45) is 5.41 Å². The van der Waals surface area contributed by atoms with Gasteiger partial charge in [0.05, 0.1) is 12.2 Å². The average molecular weight is 206 g/mol. The molecule has 3 aliphatic heterocycles. The molecule has 1 saturated carbocycles. The normalized spacial score (nSPS) is 48.9. The van der Waals surface area contributed by atoms with Gasteiger partial charge in [-0.1, -0.05) is 12.2 Å². The average Bonchev–Trinajstić information content (AvgIpc) is 2.79. The first-order valence-corrected chi connectivity index (χ1v) is 5.80. The van der Waals surface area contributed by atoms with Gasteiger partial charge in [0.25, 0.3) is 0 Å². The summed E-state index contributed by atoms with van der Waals surface area (Å²) in [5, 5.41) is 0. The molecule has 1 aliphatic carbocycles. The maximum atomic E-state index is 12.1. The molecule has 2 saturated heterocycles. The zero-order valence-electron chi connectivity index (χ0n) is 8.57. The Morgan fingerprint density at radius 2 is 2.20 bits per heavy atom. The first-order valence-electron chi connectivity index (χ1n) is 5.80. The van der Waals surface area contributed by atoms with Crippen molar-refractivity contribution >= 4 is 5.97 Å². The van der Waals surface area contributed by atoms with E-state index in [0.29, 0.717) is 0 Å². The van der Waals surface area contributed by atoms with Gasteiger partial charge in [-0.2, -0.15) is 0 Å². The van der Waals surface area contributed by atoms with Crippen LogP contribution in [-0.4, -0.2) is 23.8 Å². The van der Waals surface area contributed by atoms with Crippen LogP contribution in [0.4, 0.5) is 0 Å². The van der Waals surface area contributed by atoms with Gasteiger partial charge in [0.1, 0.15) is 11.0 Å². The summed E-state index contributed by atoms with van der Waals surface area (Å²) < 4.78 is 11.4. The molecule has 4 aliphatic rings. The van der Waals surface area contributed by atoms with E-state index in [9.17, 15) is 4.79 Å². The van der Waals surface area contributed by atoms with Crippen LogP contribution >= 0.6 is 0 Å². The van der Waals surface area contributed by atoms with Gasteiger partial charge in [0, 0.05) is 6.42 Å². The van der Waals surface area contributed by atoms with Gasteiger partial charge in [0.2, 0.25) is 0 Å². The van der Waals surface area contributed by atoms with Crippen molar-refractivity contribution in [2.75, 3.05) is 0 Å². The molecule has 4 rings (SSSR count). The van der Waals surface area contributed by atoms with E-state index in [1.54, 1.807) is 0 Å². The van der Waals surface area contributed by atoms with E-state index in [1.807, 2.05) is 6.08 Å². The number of hydrogen-bond donors (Lipinski definition) is 0. The van der Waals surface area contributed by atoms with Crippen LogP contribution in [0.2, 0.25) is 0 Å². The summed E-state index contributed by atoms with van der Waals surface area (Å²) in [6, 6.07) is 0. The van der Waals surface area contributed by atoms with Gasteiger partial charge in [0.15, 0.2) is 0 Å². The van der Waals surface area contributed by atoms with E-state index in [-0.39, 0.29) is 29.2 Å². The molecule has 2 bridgehead atoms. The minimum atomic E-state index is -0.320. The lowest BCUT2D eigenvalue weighted by Crippen LogP contribution is -2.39. The molecule has 0 aromatic rings. The van der Waals surface area contributed by atoms with Crippen molar-refractivity contribution < 1.29 is 14.3 Å². The van der Waals surface area contributed by atoms with Crippen LogP contribution in [0.3, 0.4) is 0 Å². The Balaban J connectivity index is 1.72. The van der Waals surface area contributed by atoms with Crippen LogP contribution in [0.15, 0.2) is 12.2 Å². The molecule has 80 valence electrons. The molecule has 3 heteroatoms. The largest absolute Gasteiger partial charge is 0.459 e.